The van der Waals surface area contributed by atoms with Gasteiger partial charge in [-0.2, -0.15) is 0 Å². The van der Waals surface area contributed by atoms with Crippen molar-refractivity contribution in [3.8, 4) is 0 Å². The van der Waals surface area contributed by atoms with Crippen molar-refractivity contribution in [3.63, 3.8) is 0 Å². The predicted molar refractivity (Wildman–Crippen MR) is 19.3 cm³/mol. The zero-order valence-corrected chi connectivity index (χ0v) is 10.9. The summed E-state index contributed by atoms with van der Waals surface area (Å²) in [4.78, 5) is 34.3. The molecule has 0 rings (SSSR count). The van der Waals surface area contributed by atoms with Gasteiger partial charge in [0.05, 0.1) is 0 Å². The van der Waals surface area contributed by atoms with Crippen molar-refractivity contribution in [2.24, 2.45) is 0 Å². The van der Waals surface area contributed by atoms with E-state index in [4.69, 9.17) is 27.1 Å². The van der Waals surface area contributed by atoms with Gasteiger partial charge in [-0.25, -0.2) is 0 Å². The standard InChI is InChI=1S/Bi.GeHO2.O4Si/c;2-1-3;1-5(2,3)4/h;1H;/q+5;-1;-4. The quantitative estimate of drug-likeness (QED) is 0.367. The van der Waals surface area contributed by atoms with Crippen LogP contribution in [-0.2, 0) is 3.78 Å². The summed E-state index contributed by atoms with van der Waals surface area (Å²) < 4.78 is 17.1. The van der Waals surface area contributed by atoms with E-state index < -0.39 is 24.8 Å². The average Bonchev–Trinajstić information content (AvgIpc) is 1.27. The summed E-state index contributed by atoms with van der Waals surface area (Å²) in [7, 11) is -5.61. The number of hydrogen-bond donors (Lipinski definition) is 0. The Bertz CT molecular complexity index is 52.6. The third-order valence-corrected chi connectivity index (χ3v) is 0. The third kappa shape index (κ3) is 389. The molecule has 0 unspecified atom stereocenters. The molecule has 0 aromatic rings. The fraction of sp³-hybridized carbons (Fsp3) is 0. The van der Waals surface area contributed by atoms with Gasteiger partial charge in [0, 0.05) is 0 Å². The summed E-state index contributed by atoms with van der Waals surface area (Å²) >= 11 is -2.19. The van der Waals surface area contributed by atoms with Crippen molar-refractivity contribution in [1.82, 2.24) is 0 Å². The van der Waals surface area contributed by atoms with Gasteiger partial charge in [0.15, 0.2) is 0 Å². The van der Waals surface area contributed by atoms with E-state index in [2.05, 4.69) is 0 Å². The van der Waals surface area contributed by atoms with Gasteiger partial charge in [0.25, 0.3) is 0 Å². The summed E-state index contributed by atoms with van der Waals surface area (Å²) in [6, 6.07) is 0. The van der Waals surface area contributed by atoms with E-state index in [0.29, 0.717) is 0 Å². The normalized spacial score (nSPS) is 8.00. The van der Waals surface area contributed by atoms with Crippen molar-refractivity contribution < 1.29 is 27.1 Å². The van der Waals surface area contributed by atoms with E-state index in [1.165, 1.54) is 0 Å². The first kappa shape index (κ1) is 16.6. The molecule has 0 bridgehead atoms. The van der Waals surface area contributed by atoms with Crippen LogP contribution in [0.25, 0.3) is 0 Å². The summed E-state index contributed by atoms with van der Waals surface area (Å²) in [5.41, 5.74) is 0. The zero-order valence-electron chi connectivity index (χ0n) is 3.97. The van der Waals surface area contributed by atoms with Crippen LogP contribution < -0.4 is 23.3 Å². The molecule has 0 heterocycles. The van der Waals surface area contributed by atoms with Crippen LogP contribution in [0.5, 0.6) is 0 Å². The maximum absolute atomic E-state index is 8.58. The second-order valence-corrected chi connectivity index (χ2v) is 2.00. The van der Waals surface area contributed by atoms with Gasteiger partial charge in [0.1, 0.15) is 0 Å². The molecule has 0 atom stereocenters. The van der Waals surface area contributed by atoms with Crippen LogP contribution in [-0.4, -0.2) is 51.0 Å². The van der Waals surface area contributed by atoms with Crippen LogP contribution >= 0.6 is 0 Å². The van der Waals surface area contributed by atoms with Crippen molar-refractivity contribution in [2.45, 2.75) is 0 Å². The van der Waals surface area contributed by atoms with Crippen LogP contribution in [0, 0.1) is 0 Å². The van der Waals surface area contributed by atoms with Crippen LogP contribution in [0.4, 0.5) is 0 Å². The fourth-order valence-electron chi connectivity index (χ4n) is 0. The Morgan fingerprint density at radius 2 is 1.11 bits per heavy atom. The van der Waals surface area contributed by atoms with Crippen LogP contribution in [0.3, 0.4) is 0 Å². The molecule has 0 aromatic carbocycles. The molecule has 0 aliphatic carbocycles. The van der Waals surface area contributed by atoms with Gasteiger partial charge in [0.2, 0.25) is 0 Å². The van der Waals surface area contributed by atoms with Crippen LogP contribution in [0.15, 0.2) is 0 Å². The van der Waals surface area contributed by atoms with Gasteiger partial charge in [-0.05, 0) is 0 Å². The molecule has 0 saturated carbocycles. The molecule has 0 radical (unpaired) electrons. The van der Waals surface area contributed by atoms with Gasteiger partial charge in [-0.15, -0.1) is 0 Å². The Kier molecular flexibility index (Phi) is 16.7. The summed E-state index contributed by atoms with van der Waals surface area (Å²) in [6.45, 7) is 0. The van der Waals surface area contributed by atoms with Gasteiger partial charge in [-0.3, -0.25) is 0 Å². The van der Waals surface area contributed by atoms with Crippen molar-refractivity contribution >= 4 is 51.0 Å². The number of hydrogen-bond acceptors (Lipinski definition) is 6. The van der Waals surface area contributed by atoms with Gasteiger partial charge >= 0.3 is 49.8 Å². The Morgan fingerprint density at radius 1 is 1.11 bits per heavy atom. The van der Waals surface area contributed by atoms with Crippen LogP contribution in [0.1, 0.15) is 0 Å². The molecule has 0 amide bonds. The van der Waals surface area contributed by atoms with Crippen molar-refractivity contribution in [3.05, 3.63) is 0 Å². The molecular formula is HBiGeO6Si. The molecule has 6 nitrogen and oxygen atoms in total. The van der Waals surface area contributed by atoms with Crippen molar-refractivity contribution in [1.29, 1.82) is 0 Å². The zero-order chi connectivity index (χ0) is 7.21. The molecule has 0 saturated heterocycles. The van der Waals surface area contributed by atoms with E-state index in [1.54, 1.807) is 0 Å². The first-order valence-electron chi connectivity index (χ1n) is 1.29. The molecule has 9 heavy (non-hydrogen) atoms. The third-order valence-electron chi connectivity index (χ3n) is 0. The first-order chi connectivity index (χ1) is 3.41. The predicted octanol–water partition coefficient (Wildman–Crippen LogP) is -7.47. The Labute approximate surface area is 77.8 Å². The van der Waals surface area contributed by atoms with Gasteiger partial charge in [-0.1, -0.05) is 0 Å². The Balaban J connectivity index is -0.0000000800. The van der Waals surface area contributed by atoms with Crippen molar-refractivity contribution in [2.75, 3.05) is 0 Å². The van der Waals surface area contributed by atoms with Gasteiger partial charge < -0.3 is 28.2 Å². The minimum atomic E-state index is -5.61. The molecule has 0 aliphatic rings. The SMILES string of the molecule is [Bi+5].[O-][Si]([O-])([O-])[O-].[O]=[GeH][O-]. The minimum absolute atomic E-state index is 0. The molecule has 0 aromatic heterocycles. The topological polar surface area (TPSA) is 132 Å². The van der Waals surface area contributed by atoms with E-state index >= 15 is 0 Å². The molecule has 0 aliphatic heterocycles. The van der Waals surface area contributed by atoms with E-state index in [-0.39, 0.29) is 26.2 Å². The second kappa shape index (κ2) is 9.08. The molecule has 0 fully saturated rings. The molecule has 9 heteroatoms. The second-order valence-electron chi connectivity index (χ2n) is 0.596. The maximum atomic E-state index is 8.58. The molecule has 0 spiro atoms. The molecule has 50 valence electrons. The van der Waals surface area contributed by atoms with E-state index in [9.17, 15) is 0 Å². The Morgan fingerprint density at radius 3 is 1.11 bits per heavy atom. The van der Waals surface area contributed by atoms with E-state index in [0.717, 1.165) is 0 Å². The summed E-state index contributed by atoms with van der Waals surface area (Å²) in [5.74, 6) is 0. The molecular weight excluding hydrogens is 406 g/mol. The fourth-order valence-corrected chi connectivity index (χ4v) is 0. The Hall–Kier alpha value is 1.08. The first-order valence-corrected chi connectivity index (χ1v) is 4.90. The van der Waals surface area contributed by atoms with E-state index in [1.807, 2.05) is 0 Å². The summed E-state index contributed by atoms with van der Waals surface area (Å²) in [6.07, 6.45) is 0. The van der Waals surface area contributed by atoms with Crippen LogP contribution in [0.2, 0.25) is 0 Å². The average molecular weight is 407 g/mol. The molecule has 0 N–H and O–H groups in total. The monoisotopic (exact) mass is 408 g/mol. The summed E-state index contributed by atoms with van der Waals surface area (Å²) in [5, 5.41) is 0. The number of rotatable bonds is 0.